The van der Waals surface area contributed by atoms with Crippen molar-refractivity contribution < 1.29 is 19.5 Å². The third-order valence-corrected chi connectivity index (χ3v) is 2.44. The van der Waals surface area contributed by atoms with Crippen molar-refractivity contribution in [2.24, 2.45) is 0 Å². The van der Waals surface area contributed by atoms with Crippen molar-refractivity contribution in [2.75, 3.05) is 4.90 Å². The fraction of sp³-hybridized carbons (Fsp3) is 0.0833. The van der Waals surface area contributed by atoms with Gasteiger partial charge in [0, 0.05) is 11.6 Å². The lowest BCUT2D eigenvalue weighted by Gasteiger charge is -2.15. The van der Waals surface area contributed by atoms with Crippen LogP contribution in [0.2, 0.25) is 0 Å². The largest absolute Gasteiger partial charge is 0.545 e. The molecule has 5 nitrogen and oxygen atoms in total. The second kappa shape index (κ2) is 3.86. The first kappa shape index (κ1) is 11.1. The quantitative estimate of drug-likeness (QED) is 0.663. The van der Waals surface area contributed by atoms with Gasteiger partial charge in [0.15, 0.2) is 0 Å². The minimum Gasteiger partial charge on any atom is -0.545 e. The molecule has 0 fully saturated rings. The molecule has 1 aromatic rings. The zero-order chi connectivity index (χ0) is 12.6. The molecule has 0 unspecified atom stereocenters. The molecule has 86 valence electrons. The van der Waals surface area contributed by atoms with Crippen molar-refractivity contribution >= 4 is 23.5 Å². The summed E-state index contributed by atoms with van der Waals surface area (Å²) in [7, 11) is 0. The normalized spacial score (nSPS) is 15.1. The van der Waals surface area contributed by atoms with Crippen LogP contribution in [0.25, 0.3) is 0 Å². The lowest BCUT2D eigenvalue weighted by atomic mass is 10.2. The Bertz CT molecular complexity index is 559. The number of rotatable bonds is 2. The Morgan fingerprint density at radius 1 is 1.29 bits per heavy atom. The van der Waals surface area contributed by atoms with E-state index in [9.17, 15) is 19.5 Å². The van der Waals surface area contributed by atoms with E-state index in [0.29, 0.717) is 5.57 Å². The minimum absolute atomic E-state index is 0.0762. The molecule has 2 amide bonds. The number of carbonyl (C=O) groups is 3. The number of hydrogen-bond donors (Lipinski definition) is 0. The molecule has 0 N–H and O–H groups in total. The topological polar surface area (TPSA) is 77.5 Å². The van der Waals surface area contributed by atoms with E-state index in [1.165, 1.54) is 37.3 Å². The molecule has 0 atom stereocenters. The molecule has 0 saturated heterocycles. The number of aromatic carboxylic acids is 1. The summed E-state index contributed by atoms with van der Waals surface area (Å²) in [6.07, 6.45) is 1.22. The third-order valence-electron chi connectivity index (χ3n) is 2.44. The Morgan fingerprint density at radius 2 is 2.00 bits per heavy atom. The standard InChI is InChI=1S/C12H9NO4/c1-7-5-10(14)13(11(7)15)9-4-2-3-8(6-9)12(16)17/h2-6H,1H3,(H,16,17)/p-1. The summed E-state index contributed by atoms with van der Waals surface area (Å²) in [5.74, 6) is -2.26. The molecular formula is C12H8NO4-. The smallest absolute Gasteiger partial charge is 0.261 e. The number of nitrogens with zero attached hydrogens (tertiary/aromatic N) is 1. The molecule has 0 aromatic heterocycles. The van der Waals surface area contributed by atoms with Gasteiger partial charge in [-0.2, -0.15) is 0 Å². The van der Waals surface area contributed by atoms with Crippen molar-refractivity contribution in [2.45, 2.75) is 6.92 Å². The molecule has 1 aliphatic rings. The van der Waals surface area contributed by atoms with Crippen LogP contribution >= 0.6 is 0 Å². The Balaban J connectivity index is 2.42. The van der Waals surface area contributed by atoms with Crippen molar-refractivity contribution in [3.05, 3.63) is 41.5 Å². The summed E-state index contributed by atoms with van der Waals surface area (Å²) in [6, 6.07) is 5.52. The molecule has 0 radical (unpaired) electrons. The SMILES string of the molecule is CC1=CC(=O)N(c2cccc(C(=O)[O-])c2)C1=O. The highest BCUT2D eigenvalue weighted by Gasteiger charge is 2.29. The molecule has 0 spiro atoms. The second-order valence-electron chi connectivity index (χ2n) is 3.64. The van der Waals surface area contributed by atoms with Crippen LogP contribution < -0.4 is 10.0 Å². The number of carbonyl (C=O) groups excluding carboxylic acids is 3. The Hall–Kier alpha value is -2.43. The number of anilines is 1. The van der Waals surface area contributed by atoms with Gasteiger partial charge in [0.2, 0.25) is 0 Å². The number of hydrogen-bond acceptors (Lipinski definition) is 4. The highest BCUT2D eigenvalue weighted by atomic mass is 16.4. The molecular weight excluding hydrogens is 222 g/mol. The van der Waals surface area contributed by atoms with Crippen LogP contribution in [0.1, 0.15) is 17.3 Å². The first-order chi connectivity index (χ1) is 8.00. The van der Waals surface area contributed by atoms with E-state index in [4.69, 9.17) is 0 Å². The van der Waals surface area contributed by atoms with Crippen LogP contribution in [0.4, 0.5) is 5.69 Å². The molecule has 2 rings (SSSR count). The second-order valence-corrected chi connectivity index (χ2v) is 3.64. The molecule has 17 heavy (non-hydrogen) atoms. The predicted octanol–water partition coefficient (Wildman–Crippen LogP) is -0.130. The highest BCUT2D eigenvalue weighted by Crippen LogP contribution is 2.22. The Kier molecular flexibility index (Phi) is 2.51. The zero-order valence-corrected chi connectivity index (χ0v) is 8.97. The van der Waals surface area contributed by atoms with Crippen LogP contribution in [-0.4, -0.2) is 17.8 Å². The van der Waals surface area contributed by atoms with Crippen LogP contribution in [0.5, 0.6) is 0 Å². The average Bonchev–Trinajstić information content (AvgIpc) is 2.53. The summed E-state index contributed by atoms with van der Waals surface area (Å²) in [5, 5.41) is 10.7. The Labute approximate surface area is 97.0 Å². The summed E-state index contributed by atoms with van der Waals surface area (Å²) >= 11 is 0. The minimum atomic E-state index is -1.35. The van der Waals surface area contributed by atoms with Crippen LogP contribution in [0.3, 0.4) is 0 Å². The van der Waals surface area contributed by atoms with E-state index in [-0.39, 0.29) is 11.3 Å². The van der Waals surface area contributed by atoms with Crippen molar-refractivity contribution in [3.63, 3.8) is 0 Å². The lowest BCUT2D eigenvalue weighted by Crippen LogP contribution is -2.31. The van der Waals surface area contributed by atoms with Gasteiger partial charge < -0.3 is 9.90 Å². The molecule has 5 heteroatoms. The van der Waals surface area contributed by atoms with Gasteiger partial charge in [0.1, 0.15) is 0 Å². The fourth-order valence-corrected chi connectivity index (χ4v) is 1.60. The number of amides is 2. The monoisotopic (exact) mass is 230 g/mol. The average molecular weight is 230 g/mol. The summed E-state index contributed by atoms with van der Waals surface area (Å²) in [4.78, 5) is 34.8. The van der Waals surface area contributed by atoms with Gasteiger partial charge in [-0.3, -0.25) is 9.59 Å². The van der Waals surface area contributed by atoms with Gasteiger partial charge in [0.25, 0.3) is 11.8 Å². The maximum atomic E-state index is 11.7. The van der Waals surface area contributed by atoms with Crippen molar-refractivity contribution in [1.29, 1.82) is 0 Å². The van der Waals surface area contributed by atoms with E-state index in [0.717, 1.165) is 4.90 Å². The fourth-order valence-electron chi connectivity index (χ4n) is 1.60. The number of carboxylic acid groups (broad SMARTS) is 1. The van der Waals surface area contributed by atoms with E-state index < -0.39 is 17.8 Å². The maximum Gasteiger partial charge on any atom is 0.261 e. The van der Waals surface area contributed by atoms with E-state index in [1.807, 2.05) is 0 Å². The number of carboxylic acids is 1. The third kappa shape index (κ3) is 1.82. The molecule has 1 aromatic carbocycles. The van der Waals surface area contributed by atoms with Crippen molar-refractivity contribution in [1.82, 2.24) is 0 Å². The molecule has 0 bridgehead atoms. The Morgan fingerprint density at radius 3 is 2.53 bits per heavy atom. The van der Waals surface area contributed by atoms with Crippen LogP contribution in [0.15, 0.2) is 35.9 Å². The van der Waals surface area contributed by atoms with Gasteiger partial charge in [-0.05, 0) is 24.6 Å². The number of benzene rings is 1. The van der Waals surface area contributed by atoms with E-state index in [2.05, 4.69) is 0 Å². The molecule has 0 aliphatic carbocycles. The van der Waals surface area contributed by atoms with E-state index >= 15 is 0 Å². The van der Waals surface area contributed by atoms with Gasteiger partial charge in [-0.25, -0.2) is 4.90 Å². The summed E-state index contributed by atoms with van der Waals surface area (Å²) in [6.45, 7) is 1.53. The maximum absolute atomic E-state index is 11.7. The molecule has 1 aliphatic heterocycles. The van der Waals surface area contributed by atoms with Crippen LogP contribution in [0, 0.1) is 0 Å². The van der Waals surface area contributed by atoms with Crippen LogP contribution in [-0.2, 0) is 9.59 Å². The number of imide groups is 1. The van der Waals surface area contributed by atoms with Gasteiger partial charge in [-0.1, -0.05) is 12.1 Å². The van der Waals surface area contributed by atoms with Crippen molar-refractivity contribution in [3.8, 4) is 0 Å². The predicted molar refractivity (Wildman–Crippen MR) is 57.0 cm³/mol. The highest BCUT2D eigenvalue weighted by molar-refractivity contribution is 6.30. The summed E-state index contributed by atoms with van der Waals surface area (Å²) in [5.41, 5.74) is 0.483. The van der Waals surface area contributed by atoms with E-state index in [1.54, 1.807) is 0 Å². The van der Waals surface area contributed by atoms with Gasteiger partial charge >= 0.3 is 0 Å². The van der Waals surface area contributed by atoms with Gasteiger partial charge in [0.05, 0.1) is 11.7 Å². The lowest BCUT2D eigenvalue weighted by molar-refractivity contribution is -0.255. The first-order valence-electron chi connectivity index (χ1n) is 4.89. The molecule has 1 heterocycles. The first-order valence-corrected chi connectivity index (χ1v) is 4.89. The zero-order valence-electron chi connectivity index (χ0n) is 8.97. The summed E-state index contributed by atoms with van der Waals surface area (Å²) < 4.78 is 0. The molecule has 0 saturated carbocycles. The van der Waals surface area contributed by atoms with Gasteiger partial charge in [-0.15, -0.1) is 0 Å².